The molecule has 0 saturated heterocycles. The average Bonchev–Trinajstić information content (AvgIpc) is 3.37. The van der Waals surface area contributed by atoms with E-state index in [0.29, 0.717) is 16.3 Å². The molecule has 0 aliphatic heterocycles. The molecule has 0 spiro atoms. The molecule has 3 nitrogen and oxygen atoms in total. The SMILES string of the molecule is N#C/C(=C\c1ccco1)c1nc(-c2ccccc2)c(-c2ccccc2)s1. The van der Waals surface area contributed by atoms with E-state index in [9.17, 15) is 5.26 Å². The summed E-state index contributed by atoms with van der Waals surface area (Å²) >= 11 is 1.52. The van der Waals surface area contributed by atoms with Crippen molar-refractivity contribution in [1.82, 2.24) is 4.98 Å². The van der Waals surface area contributed by atoms with Gasteiger partial charge in [0, 0.05) is 11.6 Å². The van der Waals surface area contributed by atoms with Gasteiger partial charge in [-0.05, 0) is 17.7 Å². The molecule has 0 fully saturated rings. The van der Waals surface area contributed by atoms with Crippen LogP contribution in [0.1, 0.15) is 10.8 Å². The first kappa shape index (κ1) is 16.1. The third kappa shape index (κ3) is 3.21. The molecule has 26 heavy (non-hydrogen) atoms. The molecule has 2 aromatic heterocycles. The van der Waals surface area contributed by atoms with Gasteiger partial charge in [0.25, 0.3) is 0 Å². The van der Waals surface area contributed by atoms with Crippen molar-refractivity contribution < 1.29 is 4.42 Å². The number of nitrogens with zero attached hydrogens (tertiary/aromatic N) is 2. The number of hydrogen-bond donors (Lipinski definition) is 0. The molecule has 0 bridgehead atoms. The van der Waals surface area contributed by atoms with Crippen LogP contribution in [0.25, 0.3) is 33.3 Å². The second-order valence-corrected chi connectivity index (χ2v) is 6.61. The normalized spacial score (nSPS) is 11.3. The highest BCUT2D eigenvalue weighted by Gasteiger charge is 2.17. The average molecular weight is 354 g/mol. The maximum Gasteiger partial charge on any atom is 0.135 e. The molecular formula is C22H14N2OS. The van der Waals surface area contributed by atoms with Crippen molar-refractivity contribution in [2.75, 3.05) is 0 Å². The van der Waals surface area contributed by atoms with Crippen LogP contribution >= 0.6 is 11.3 Å². The summed E-state index contributed by atoms with van der Waals surface area (Å²) in [7, 11) is 0. The van der Waals surface area contributed by atoms with Crippen LogP contribution in [0.5, 0.6) is 0 Å². The number of furan rings is 1. The van der Waals surface area contributed by atoms with Crippen LogP contribution in [0, 0.1) is 11.3 Å². The lowest BCUT2D eigenvalue weighted by atomic mass is 10.1. The van der Waals surface area contributed by atoms with Crippen molar-refractivity contribution in [1.29, 1.82) is 5.26 Å². The molecule has 0 unspecified atom stereocenters. The quantitative estimate of drug-likeness (QED) is 0.414. The highest BCUT2D eigenvalue weighted by molar-refractivity contribution is 7.16. The number of benzene rings is 2. The van der Waals surface area contributed by atoms with Gasteiger partial charge in [0.2, 0.25) is 0 Å². The topological polar surface area (TPSA) is 49.8 Å². The zero-order valence-corrected chi connectivity index (χ0v) is 14.6. The van der Waals surface area contributed by atoms with E-state index in [2.05, 4.69) is 18.2 Å². The summed E-state index contributed by atoms with van der Waals surface area (Å²) in [5, 5.41) is 10.3. The Morgan fingerprint density at radius 1 is 0.923 bits per heavy atom. The zero-order valence-electron chi connectivity index (χ0n) is 13.8. The molecular weight excluding hydrogens is 340 g/mol. The summed E-state index contributed by atoms with van der Waals surface area (Å²) in [6.45, 7) is 0. The molecule has 0 amide bonds. The van der Waals surface area contributed by atoms with Gasteiger partial charge in [-0.25, -0.2) is 4.98 Å². The number of thiazole rings is 1. The van der Waals surface area contributed by atoms with E-state index in [1.807, 2.05) is 54.6 Å². The second-order valence-electron chi connectivity index (χ2n) is 5.61. The lowest BCUT2D eigenvalue weighted by Crippen LogP contribution is -1.83. The van der Waals surface area contributed by atoms with Gasteiger partial charge >= 0.3 is 0 Å². The van der Waals surface area contributed by atoms with Gasteiger partial charge in [-0.3, -0.25) is 0 Å². The predicted octanol–water partition coefficient (Wildman–Crippen LogP) is 6.13. The number of rotatable bonds is 4. The van der Waals surface area contributed by atoms with Gasteiger partial charge in [0.05, 0.1) is 22.4 Å². The van der Waals surface area contributed by atoms with E-state index in [1.165, 1.54) is 11.3 Å². The van der Waals surface area contributed by atoms with Gasteiger partial charge in [-0.1, -0.05) is 60.7 Å². The fourth-order valence-electron chi connectivity index (χ4n) is 2.67. The molecule has 0 saturated carbocycles. The van der Waals surface area contributed by atoms with Crippen LogP contribution in [0.15, 0.2) is 83.5 Å². The fourth-order valence-corrected chi connectivity index (χ4v) is 3.73. The highest BCUT2D eigenvalue weighted by Crippen LogP contribution is 2.39. The Kier molecular flexibility index (Phi) is 4.46. The van der Waals surface area contributed by atoms with Gasteiger partial charge in [0.1, 0.15) is 16.8 Å². The molecule has 4 rings (SSSR count). The van der Waals surface area contributed by atoms with E-state index >= 15 is 0 Å². The minimum Gasteiger partial charge on any atom is -0.465 e. The standard InChI is InChI=1S/C22H14N2OS/c23-15-18(14-19-12-7-13-25-19)22-24-20(16-8-3-1-4-9-16)21(26-22)17-10-5-2-6-11-17/h1-14H/b18-14+. The minimum absolute atomic E-state index is 0.490. The Balaban J connectivity index is 1.88. The summed E-state index contributed by atoms with van der Waals surface area (Å²) in [5.74, 6) is 0.638. The van der Waals surface area contributed by atoms with E-state index in [4.69, 9.17) is 9.40 Å². The largest absolute Gasteiger partial charge is 0.465 e. The van der Waals surface area contributed by atoms with Crippen LogP contribution in [0.3, 0.4) is 0 Å². The summed E-state index contributed by atoms with van der Waals surface area (Å²) in [6, 6.07) is 26.0. The van der Waals surface area contributed by atoms with Gasteiger partial charge in [-0.2, -0.15) is 5.26 Å². The van der Waals surface area contributed by atoms with Crippen molar-refractivity contribution in [2.24, 2.45) is 0 Å². The first-order valence-corrected chi connectivity index (χ1v) is 8.94. The fraction of sp³-hybridized carbons (Fsp3) is 0. The van der Waals surface area contributed by atoms with Crippen molar-refractivity contribution in [2.45, 2.75) is 0 Å². The van der Waals surface area contributed by atoms with Crippen LogP contribution in [-0.4, -0.2) is 4.98 Å². The summed E-state index contributed by atoms with van der Waals surface area (Å²) in [4.78, 5) is 5.84. The number of aromatic nitrogens is 1. The first-order chi connectivity index (χ1) is 12.8. The Morgan fingerprint density at radius 2 is 1.62 bits per heavy atom. The number of allylic oxidation sites excluding steroid dienone is 1. The van der Waals surface area contributed by atoms with Crippen LogP contribution in [0.2, 0.25) is 0 Å². The Morgan fingerprint density at radius 3 is 2.23 bits per heavy atom. The Bertz CT molecular complexity index is 1020. The van der Waals surface area contributed by atoms with Crippen LogP contribution in [0.4, 0.5) is 0 Å². The van der Waals surface area contributed by atoms with E-state index in [-0.39, 0.29) is 0 Å². The molecule has 0 radical (unpaired) electrons. The summed E-state index contributed by atoms with van der Waals surface area (Å²) in [6.07, 6.45) is 3.32. The molecule has 124 valence electrons. The summed E-state index contributed by atoms with van der Waals surface area (Å²) in [5.41, 5.74) is 3.50. The van der Waals surface area contributed by atoms with Crippen molar-refractivity contribution in [3.05, 3.63) is 89.8 Å². The molecule has 2 aromatic carbocycles. The smallest absolute Gasteiger partial charge is 0.135 e. The number of hydrogen-bond acceptors (Lipinski definition) is 4. The first-order valence-electron chi connectivity index (χ1n) is 8.12. The van der Waals surface area contributed by atoms with Crippen LogP contribution in [-0.2, 0) is 0 Å². The molecule has 4 aromatic rings. The van der Waals surface area contributed by atoms with Crippen LogP contribution < -0.4 is 0 Å². The molecule has 0 atom stereocenters. The predicted molar refractivity (Wildman–Crippen MR) is 105 cm³/mol. The molecule has 0 aliphatic carbocycles. The minimum atomic E-state index is 0.490. The van der Waals surface area contributed by atoms with E-state index in [1.54, 1.807) is 18.4 Å². The number of nitriles is 1. The zero-order chi connectivity index (χ0) is 17.8. The van der Waals surface area contributed by atoms with Crippen molar-refractivity contribution in [3.63, 3.8) is 0 Å². The molecule has 0 N–H and O–H groups in total. The van der Waals surface area contributed by atoms with Gasteiger partial charge < -0.3 is 4.42 Å². The summed E-state index contributed by atoms with van der Waals surface area (Å²) < 4.78 is 5.34. The molecule has 2 heterocycles. The Labute approximate surface area is 155 Å². The molecule has 4 heteroatoms. The maximum atomic E-state index is 9.63. The lowest BCUT2D eigenvalue weighted by molar-refractivity contribution is 0.557. The molecule has 0 aliphatic rings. The third-order valence-corrected chi connectivity index (χ3v) is 5.03. The van der Waals surface area contributed by atoms with Gasteiger partial charge in [-0.15, -0.1) is 11.3 Å². The monoisotopic (exact) mass is 354 g/mol. The Hall–Kier alpha value is -3.42. The highest BCUT2D eigenvalue weighted by atomic mass is 32.1. The van der Waals surface area contributed by atoms with E-state index in [0.717, 1.165) is 21.7 Å². The van der Waals surface area contributed by atoms with E-state index < -0.39 is 0 Å². The van der Waals surface area contributed by atoms with Crippen molar-refractivity contribution in [3.8, 4) is 27.8 Å². The maximum absolute atomic E-state index is 9.63. The van der Waals surface area contributed by atoms with Gasteiger partial charge in [0.15, 0.2) is 0 Å². The van der Waals surface area contributed by atoms with Crippen molar-refractivity contribution >= 4 is 23.0 Å². The lowest BCUT2D eigenvalue weighted by Gasteiger charge is -2.02. The second kappa shape index (κ2) is 7.22. The third-order valence-electron chi connectivity index (χ3n) is 3.89.